The Bertz CT molecular complexity index is 1240. The summed E-state index contributed by atoms with van der Waals surface area (Å²) in [5.74, 6) is 0.684. The predicted molar refractivity (Wildman–Crippen MR) is 141 cm³/mol. The molecule has 1 saturated heterocycles. The van der Waals surface area contributed by atoms with Crippen molar-refractivity contribution in [1.82, 2.24) is 9.88 Å². The Hall–Kier alpha value is -3.81. The van der Waals surface area contributed by atoms with Crippen molar-refractivity contribution in [3.05, 3.63) is 59.7 Å². The van der Waals surface area contributed by atoms with Crippen molar-refractivity contribution in [2.75, 3.05) is 38.2 Å². The molecule has 0 unspecified atom stereocenters. The van der Waals surface area contributed by atoms with E-state index in [9.17, 15) is 14.7 Å². The zero-order valence-corrected chi connectivity index (χ0v) is 21.1. The van der Waals surface area contributed by atoms with Gasteiger partial charge in [-0.15, -0.1) is 0 Å². The minimum atomic E-state index is -1.06. The molecule has 5 rings (SSSR count). The second-order valence-electron chi connectivity index (χ2n) is 10.1. The zero-order valence-electron chi connectivity index (χ0n) is 21.1. The first kappa shape index (κ1) is 24.9. The van der Waals surface area contributed by atoms with Crippen LogP contribution in [0.4, 0.5) is 6.01 Å². The van der Waals surface area contributed by atoms with E-state index in [0.29, 0.717) is 36.8 Å². The number of fused-ring (bicyclic) bond motifs is 2. The first-order chi connectivity index (χ1) is 18.0. The Morgan fingerprint density at radius 2 is 1.81 bits per heavy atom. The average molecular weight is 504 g/mol. The fraction of sp³-hybridized carbons (Fsp3) is 0.414. The third kappa shape index (κ3) is 5.96. The number of amides is 1. The number of aliphatic carboxylic acids is 1. The Labute approximate surface area is 216 Å². The van der Waals surface area contributed by atoms with Gasteiger partial charge in [-0.05, 0) is 60.6 Å². The molecular formula is C29H33N3O5. The topological polar surface area (TPSA) is 96.1 Å². The third-order valence-electron chi connectivity index (χ3n) is 7.47. The highest BCUT2D eigenvalue weighted by molar-refractivity contribution is 5.98. The molecule has 1 saturated carbocycles. The van der Waals surface area contributed by atoms with Crippen molar-refractivity contribution in [3.8, 4) is 5.75 Å². The molecule has 1 aromatic heterocycles. The number of carbonyl (C=O) groups excluding carboxylic acids is 1. The molecule has 2 aromatic carbocycles. The molecule has 1 aliphatic carbocycles. The summed E-state index contributed by atoms with van der Waals surface area (Å²) in [6, 6.07) is 15.4. The lowest BCUT2D eigenvalue weighted by molar-refractivity contribution is -0.136. The maximum Gasteiger partial charge on any atom is 0.332 e. The fourth-order valence-electron chi connectivity index (χ4n) is 5.35. The van der Waals surface area contributed by atoms with Crippen molar-refractivity contribution >= 4 is 35.1 Å². The van der Waals surface area contributed by atoms with Crippen LogP contribution in [0.5, 0.6) is 5.75 Å². The van der Waals surface area contributed by atoms with E-state index in [2.05, 4.69) is 4.98 Å². The number of aromatic nitrogens is 1. The van der Waals surface area contributed by atoms with Crippen molar-refractivity contribution in [2.45, 2.75) is 32.1 Å². The molecule has 8 heteroatoms. The van der Waals surface area contributed by atoms with E-state index in [1.165, 1.54) is 25.7 Å². The average Bonchev–Trinajstić information content (AvgIpc) is 3.54. The number of likely N-dealkylation sites (N-methyl/N-ethyl adjacent to an activating group) is 1. The summed E-state index contributed by atoms with van der Waals surface area (Å²) in [6.07, 6.45) is 6.31. The van der Waals surface area contributed by atoms with Crippen LogP contribution in [-0.2, 0) is 9.59 Å². The van der Waals surface area contributed by atoms with Gasteiger partial charge in [-0.1, -0.05) is 37.1 Å². The van der Waals surface area contributed by atoms with Gasteiger partial charge in [-0.25, -0.2) is 4.79 Å². The summed E-state index contributed by atoms with van der Waals surface area (Å²) < 4.78 is 11.6. The van der Waals surface area contributed by atoms with Gasteiger partial charge in [0.15, 0.2) is 5.58 Å². The van der Waals surface area contributed by atoms with E-state index in [-0.39, 0.29) is 17.9 Å². The number of hydrogen-bond acceptors (Lipinski definition) is 6. The van der Waals surface area contributed by atoms with Crippen LogP contribution in [0, 0.1) is 11.8 Å². The summed E-state index contributed by atoms with van der Waals surface area (Å²) in [6.45, 7) is 2.54. The molecule has 2 atom stereocenters. The Morgan fingerprint density at radius 1 is 1.11 bits per heavy atom. The second kappa shape index (κ2) is 11.1. The lowest BCUT2D eigenvalue weighted by atomic mass is 9.82. The highest BCUT2D eigenvalue weighted by atomic mass is 16.5. The molecule has 1 amide bonds. The predicted octanol–water partition coefficient (Wildman–Crippen LogP) is 4.85. The summed E-state index contributed by atoms with van der Waals surface area (Å²) in [7, 11) is 1.90. The van der Waals surface area contributed by atoms with Gasteiger partial charge in [0.1, 0.15) is 17.9 Å². The molecule has 0 radical (unpaired) electrons. The van der Waals surface area contributed by atoms with Gasteiger partial charge in [-0.2, -0.15) is 4.98 Å². The van der Waals surface area contributed by atoms with E-state index < -0.39 is 5.97 Å². The number of carboxylic acid groups (broad SMARTS) is 1. The minimum Gasteiger partial charge on any atom is -0.492 e. The van der Waals surface area contributed by atoms with Crippen molar-refractivity contribution in [3.63, 3.8) is 0 Å². The van der Waals surface area contributed by atoms with Crippen LogP contribution in [0.1, 0.15) is 37.7 Å². The van der Waals surface area contributed by atoms with Crippen molar-refractivity contribution < 1.29 is 23.8 Å². The quantitative estimate of drug-likeness (QED) is 0.417. The molecule has 3 aromatic rings. The van der Waals surface area contributed by atoms with E-state index in [0.717, 1.165) is 29.8 Å². The van der Waals surface area contributed by atoms with Gasteiger partial charge < -0.3 is 24.1 Å². The number of rotatable bonds is 9. The third-order valence-corrected chi connectivity index (χ3v) is 7.47. The lowest BCUT2D eigenvalue weighted by Crippen LogP contribution is -2.29. The molecule has 2 fully saturated rings. The fourth-order valence-corrected chi connectivity index (χ4v) is 5.35. The maximum absolute atomic E-state index is 12.9. The lowest BCUT2D eigenvalue weighted by Gasteiger charge is -2.22. The number of anilines is 1. The molecule has 2 aliphatic rings. The molecule has 2 heterocycles. The Morgan fingerprint density at radius 3 is 2.49 bits per heavy atom. The van der Waals surface area contributed by atoms with Crippen LogP contribution in [0.3, 0.4) is 0 Å². The molecule has 1 N–H and O–H groups in total. The molecule has 0 spiro atoms. The summed E-state index contributed by atoms with van der Waals surface area (Å²) in [5, 5.41) is 9.71. The molecule has 194 valence electrons. The zero-order chi connectivity index (χ0) is 25.8. The summed E-state index contributed by atoms with van der Waals surface area (Å²) in [5.41, 5.74) is 2.38. The number of benzene rings is 2. The normalized spacial score (nSPS) is 19.6. The number of likely N-dealkylation sites (tertiary alicyclic amines) is 1. The minimum absolute atomic E-state index is 0.0881. The van der Waals surface area contributed by atoms with Gasteiger partial charge in [0, 0.05) is 25.7 Å². The van der Waals surface area contributed by atoms with Crippen LogP contribution in [-0.4, -0.2) is 60.2 Å². The molecular weight excluding hydrogens is 470 g/mol. The highest BCUT2D eigenvalue weighted by Gasteiger charge is 2.36. The first-order valence-corrected chi connectivity index (χ1v) is 13.0. The van der Waals surface area contributed by atoms with Gasteiger partial charge in [-0.3, -0.25) is 4.79 Å². The van der Waals surface area contributed by atoms with Crippen LogP contribution in [0.25, 0.3) is 17.2 Å². The van der Waals surface area contributed by atoms with Gasteiger partial charge in [0.2, 0.25) is 5.91 Å². The number of ether oxygens (including phenoxy) is 1. The van der Waals surface area contributed by atoms with Crippen molar-refractivity contribution in [2.24, 2.45) is 11.8 Å². The summed E-state index contributed by atoms with van der Waals surface area (Å²) >= 11 is 0. The summed E-state index contributed by atoms with van der Waals surface area (Å²) in [4.78, 5) is 33.0. The van der Waals surface area contributed by atoms with E-state index in [1.807, 2.05) is 41.1 Å². The van der Waals surface area contributed by atoms with Crippen LogP contribution in [0.2, 0.25) is 0 Å². The molecule has 8 nitrogen and oxygen atoms in total. The van der Waals surface area contributed by atoms with Crippen LogP contribution in [0.15, 0.2) is 58.5 Å². The number of nitrogens with zero attached hydrogens (tertiary/aromatic N) is 3. The van der Waals surface area contributed by atoms with E-state index in [1.54, 1.807) is 30.3 Å². The Kier molecular flexibility index (Phi) is 7.44. The standard InChI is InChI=1S/C29H33N3O5/c1-31(29-30-25-8-4-5-9-26(25)37-29)14-15-36-24-12-10-20(11-13-24)16-23(28(34)35)17-27(33)32-18-21-6-2-3-7-22(21)19-32/h4-5,8-13,16,21-22H,2-3,6-7,14-15,17-19H2,1H3,(H,34,35)/b23-16-/t21-,22+. The SMILES string of the molecule is CN(CCOc1ccc(/C=C(/CC(=O)N2C[C@H]3CCCC[C@H]3C2)C(=O)O)cc1)c1nc2ccccc2o1. The first-order valence-electron chi connectivity index (χ1n) is 13.0. The highest BCUT2D eigenvalue weighted by Crippen LogP contribution is 2.36. The van der Waals surface area contributed by atoms with Crippen LogP contribution < -0.4 is 9.64 Å². The van der Waals surface area contributed by atoms with Crippen molar-refractivity contribution in [1.29, 1.82) is 0 Å². The number of carbonyl (C=O) groups is 2. The number of carboxylic acids is 1. The van der Waals surface area contributed by atoms with Gasteiger partial charge in [0.25, 0.3) is 6.01 Å². The van der Waals surface area contributed by atoms with Gasteiger partial charge >= 0.3 is 5.97 Å². The molecule has 37 heavy (non-hydrogen) atoms. The number of para-hydroxylation sites is 2. The van der Waals surface area contributed by atoms with E-state index in [4.69, 9.17) is 9.15 Å². The smallest absolute Gasteiger partial charge is 0.332 e. The monoisotopic (exact) mass is 503 g/mol. The maximum atomic E-state index is 12.9. The van der Waals surface area contributed by atoms with Gasteiger partial charge in [0.05, 0.1) is 13.0 Å². The second-order valence-corrected chi connectivity index (χ2v) is 10.1. The van der Waals surface area contributed by atoms with Crippen LogP contribution >= 0.6 is 0 Å². The molecule has 0 bridgehead atoms. The largest absolute Gasteiger partial charge is 0.492 e. The van der Waals surface area contributed by atoms with E-state index >= 15 is 0 Å². The molecule has 1 aliphatic heterocycles. The number of hydrogen-bond donors (Lipinski definition) is 1. The number of oxazole rings is 1. The Balaban J connectivity index is 1.14.